The molecule has 1 aromatic heterocycles. The SMILES string of the molecule is CN=C(N)NCCC[C@H](NC(=O)[C@H](COC)NC(=O)CNC(=O)[C@H](Cc1ccccc1)NC(=O)[C@@H](NC(=O)[C@H](CC(N)=O)NC(=O)[C@@H]1C[C@@H](O)CN1C(=O)[C@@H](Cc1ccc(O)cc1)NC(C)=O)[C@@H](C)O)C(=O)N[C@@H](Cc1c[nH]c2ccccc12)C(N)=O. The van der Waals surface area contributed by atoms with E-state index in [-0.39, 0.29) is 63.3 Å². The van der Waals surface area contributed by atoms with Crippen molar-refractivity contribution >= 4 is 81.8 Å². The summed E-state index contributed by atoms with van der Waals surface area (Å²) in [5.41, 5.74) is 19.5. The number of benzene rings is 3. The number of fused-ring (bicyclic) bond motifs is 1. The molecule has 30 heteroatoms. The molecule has 19 N–H and O–H groups in total. The first-order valence-corrected chi connectivity index (χ1v) is 27.8. The fourth-order valence-electron chi connectivity index (χ4n) is 9.52. The van der Waals surface area contributed by atoms with Gasteiger partial charge in [0.2, 0.25) is 65.0 Å². The normalized spacial score (nSPS) is 16.7. The molecule has 470 valence electrons. The van der Waals surface area contributed by atoms with Gasteiger partial charge in [0.05, 0.1) is 31.8 Å². The van der Waals surface area contributed by atoms with Crippen LogP contribution in [0.4, 0.5) is 0 Å². The van der Waals surface area contributed by atoms with Gasteiger partial charge in [0.1, 0.15) is 54.1 Å². The van der Waals surface area contributed by atoms with E-state index in [0.29, 0.717) is 16.7 Å². The summed E-state index contributed by atoms with van der Waals surface area (Å²) in [6.07, 6.45) is -2.50. The van der Waals surface area contributed by atoms with Gasteiger partial charge in [-0.05, 0) is 54.7 Å². The molecule has 1 saturated heterocycles. The zero-order valence-electron chi connectivity index (χ0n) is 48.5. The molecular formula is C57H77N15O15. The van der Waals surface area contributed by atoms with E-state index in [2.05, 4.69) is 57.8 Å². The van der Waals surface area contributed by atoms with Crippen molar-refractivity contribution in [3.63, 3.8) is 0 Å². The number of aromatic nitrogens is 1. The van der Waals surface area contributed by atoms with Crippen molar-refractivity contribution in [2.75, 3.05) is 40.4 Å². The number of carbonyl (C=O) groups excluding carboxylic acids is 11. The number of likely N-dealkylation sites (tertiary alicyclic amines) is 1. The van der Waals surface area contributed by atoms with Gasteiger partial charge in [-0.1, -0.05) is 60.7 Å². The fraction of sp³-hybridized carbons (Fsp3) is 0.439. The average Bonchev–Trinajstić information content (AvgIpc) is 2.72. The number of aliphatic hydroxyl groups is 2. The first kappa shape index (κ1) is 68.1. The number of phenols is 1. The van der Waals surface area contributed by atoms with Gasteiger partial charge in [-0.25, -0.2) is 0 Å². The zero-order chi connectivity index (χ0) is 63.9. The van der Waals surface area contributed by atoms with Crippen molar-refractivity contribution in [3.8, 4) is 5.75 Å². The lowest BCUT2D eigenvalue weighted by Gasteiger charge is -2.30. The number of guanidine groups is 1. The van der Waals surface area contributed by atoms with Crippen LogP contribution in [0.15, 0.2) is 90.1 Å². The van der Waals surface area contributed by atoms with Gasteiger partial charge in [-0.15, -0.1) is 0 Å². The quantitative estimate of drug-likeness (QED) is 0.0124. The largest absolute Gasteiger partial charge is 0.508 e. The number of carbonyl (C=O) groups is 11. The number of methoxy groups -OCH3 is 1. The molecule has 0 spiro atoms. The van der Waals surface area contributed by atoms with Crippen LogP contribution in [0.3, 0.4) is 0 Å². The third-order valence-electron chi connectivity index (χ3n) is 13.9. The summed E-state index contributed by atoms with van der Waals surface area (Å²) in [6, 6.07) is 9.42. The third-order valence-corrected chi connectivity index (χ3v) is 13.9. The molecule has 3 aromatic carbocycles. The molecular weight excluding hydrogens is 1130 g/mol. The molecule has 1 aliphatic heterocycles. The minimum Gasteiger partial charge on any atom is -0.508 e. The summed E-state index contributed by atoms with van der Waals surface area (Å²) in [7, 11) is 2.71. The molecule has 0 aliphatic carbocycles. The number of hydrogen-bond acceptors (Lipinski definition) is 16. The number of aliphatic imine (C=N–C) groups is 1. The monoisotopic (exact) mass is 1210 g/mol. The van der Waals surface area contributed by atoms with Gasteiger partial charge in [0.25, 0.3) is 0 Å². The van der Waals surface area contributed by atoms with Crippen LogP contribution in [0.1, 0.15) is 56.2 Å². The maximum absolute atomic E-state index is 14.1. The molecule has 4 aromatic rings. The minimum atomic E-state index is -1.89. The van der Waals surface area contributed by atoms with E-state index in [1.54, 1.807) is 36.5 Å². The molecule has 1 fully saturated rings. The highest BCUT2D eigenvalue weighted by atomic mass is 16.5. The topological polar surface area (TPSA) is 475 Å². The van der Waals surface area contributed by atoms with Crippen LogP contribution in [0.2, 0.25) is 0 Å². The maximum atomic E-state index is 14.1. The molecule has 0 unspecified atom stereocenters. The standard InChI is InChI=1S/C57H77N15O15/c1-30(73)48(71-52(82)42(25-46(58)77)69-54(84)45-24-36(76)28-72(45)56(86)43(65-31(2)74)22-33-16-18-35(75)19-17-33)55(85)70-41(21-32-11-6-5-7-12-32)50(80)64-27-47(78)66-44(29-87-4)53(83)67-39(15-10-20-62-57(60)61-3)51(81)68-40(49(59)79)23-34-26-63-38-14-9-8-13-37(34)38/h5-9,11-14,16-19,26,30,36,39-45,48,63,73,75-76H,10,15,20-25,27-29H2,1-4H3,(H2,58,77)(H2,59,79)(H,64,80)(H,65,74)(H,66,78)(H,67,83)(H,68,81)(H,69,84)(H,70,85)(H,71,82)(H3,60,61,62)/t30-,36-,39+,40+,41+,42+,43-,44+,45+,48+/m1/s1. The van der Waals surface area contributed by atoms with E-state index < -0.39 is 145 Å². The fourth-order valence-corrected chi connectivity index (χ4v) is 9.52. The van der Waals surface area contributed by atoms with Crippen LogP contribution in [-0.4, -0.2) is 197 Å². The van der Waals surface area contributed by atoms with Gasteiger partial charge in [-0.2, -0.15) is 0 Å². The van der Waals surface area contributed by atoms with Gasteiger partial charge >= 0.3 is 0 Å². The minimum absolute atomic E-state index is 0.00863. The number of ether oxygens (including phenoxy) is 1. The van der Waals surface area contributed by atoms with E-state index in [1.807, 2.05) is 24.3 Å². The van der Waals surface area contributed by atoms with Crippen molar-refractivity contribution in [1.82, 2.24) is 57.7 Å². The Morgan fingerprint density at radius 2 is 1.32 bits per heavy atom. The van der Waals surface area contributed by atoms with Crippen LogP contribution in [0.5, 0.6) is 5.75 Å². The number of nitrogens with two attached hydrogens (primary N) is 3. The van der Waals surface area contributed by atoms with E-state index >= 15 is 0 Å². The molecule has 11 amide bonds. The highest BCUT2D eigenvalue weighted by Gasteiger charge is 2.43. The number of nitrogens with one attached hydrogen (secondary N) is 10. The average molecular weight is 1210 g/mol. The predicted octanol–water partition coefficient (Wildman–Crippen LogP) is -4.90. The van der Waals surface area contributed by atoms with Crippen molar-refractivity contribution in [1.29, 1.82) is 0 Å². The van der Waals surface area contributed by atoms with Crippen molar-refractivity contribution in [2.24, 2.45) is 22.2 Å². The van der Waals surface area contributed by atoms with Gasteiger partial charge in [-0.3, -0.25) is 57.7 Å². The summed E-state index contributed by atoms with van der Waals surface area (Å²) >= 11 is 0. The van der Waals surface area contributed by atoms with Crippen molar-refractivity contribution < 1.29 is 72.8 Å². The lowest BCUT2D eigenvalue weighted by molar-refractivity contribution is -0.142. The number of rotatable bonds is 32. The number of nitrogens with zero attached hydrogens (tertiary/aromatic N) is 2. The molecule has 0 saturated carbocycles. The Labute approximate surface area is 500 Å². The maximum Gasteiger partial charge on any atom is 0.246 e. The Morgan fingerprint density at radius 1 is 0.701 bits per heavy atom. The number of hydrogen-bond donors (Lipinski definition) is 16. The molecule has 30 nitrogen and oxygen atoms in total. The van der Waals surface area contributed by atoms with Crippen LogP contribution >= 0.6 is 0 Å². The Morgan fingerprint density at radius 3 is 1.97 bits per heavy atom. The summed E-state index contributed by atoms with van der Waals surface area (Å²) in [5, 5.41) is 54.7. The number of aliphatic hydroxyl groups excluding tert-OH is 2. The number of β-amino-alcohol motifs (C(OH)–C–C–N with tert-alkyl or cyclic N) is 1. The smallest absolute Gasteiger partial charge is 0.246 e. The van der Waals surface area contributed by atoms with E-state index in [9.17, 15) is 68.1 Å². The summed E-state index contributed by atoms with van der Waals surface area (Å²) in [6.45, 7) is 0.933. The summed E-state index contributed by atoms with van der Waals surface area (Å²) in [4.78, 5) is 157. The molecule has 1 aliphatic rings. The van der Waals surface area contributed by atoms with Crippen LogP contribution in [0.25, 0.3) is 10.9 Å². The molecule has 10 atom stereocenters. The number of para-hydroxylation sites is 1. The Hall–Kier alpha value is -9.68. The molecule has 2 heterocycles. The van der Waals surface area contributed by atoms with E-state index in [0.717, 1.165) is 22.7 Å². The lowest BCUT2D eigenvalue weighted by atomic mass is 10.0. The molecule has 0 bridgehead atoms. The number of primary amides is 2. The Bertz CT molecular complexity index is 3110. The predicted molar refractivity (Wildman–Crippen MR) is 314 cm³/mol. The number of aromatic hydroxyl groups is 1. The highest BCUT2D eigenvalue weighted by molar-refractivity contribution is 5.99. The van der Waals surface area contributed by atoms with Crippen molar-refractivity contribution in [2.45, 2.75) is 119 Å². The molecule has 87 heavy (non-hydrogen) atoms. The Balaban J connectivity index is 1.26. The number of amides is 11. The van der Waals surface area contributed by atoms with E-state index in [1.165, 1.54) is 45.3 Å². The van der Waals surface area contributed by atoms with E-state index in [4.69, 9.17) is 21.9 Å². The van der Waals surface area contributed by atoms with Gasteiger partial charge < -0.3 is 95.0 Å². The third kappa shape index (κ3) is 21.1. The van der Waals surface area contributed by atoms with Gasteiger partial charge in [0, 0.05) is 77.0 Å². The lowest BCUT2D eigenvalue weighted by Crippen LogP contribution is -2.61. The Kier molecular flexibility index (Phi) is 25.9. The molecule has 0 radical (unpaired) electrons. The number of aromatic amines is 1. The second-order valence-corrected chi connectivity index (χ2v) is 20.8. The zero-order valence-corrected chi connectivity index (χ0v) is 48.5. The first-order chi connectivity index (χ1) is 41.4. The second-order valence-electron chi connectivity index (χ2n) is 20.8. The summed E-state index contributed by atoms with van der Waals surface area (Å²) < 4.78 is 5.22. The van der Waals surface area contributed by atoms with Crippen molar-refractivity contribution in [3.05, 3.63) is 102 Å². The second kappa shape index (κ2) is 33.1. The summed E-state index contributed by atoms with van der Waals surface area (Å²) in [5.74, 6) is -10.2. The number of H-pyrrole nitrogens is 1. The van der Waals surface area contributed by atoms with Crippen LogP contribution in [-0.2, 0) is 76.7 Å². The first-order valence-electron chi connectivity index (χ1n) is 27.8. The highest BCUT2D eigenvalue weighted by Crippen LogP contribution is 2.23. The molecule has 5 rings (SSSR count). The van der Waals surface area contributed by atoms with Gasteiger partial charge in [0.15, 0.2) is 5.96 Å². The van der Waals surface area contributed by atoms with Crippen LogP contribution in [0, 0.1) is 0 Å². The van der Waals surface area contributed by atoms with Crippen LogP contribution < -0.4 is 65.1 Å². The number of phenolic OH excluding ortho intramolecular Hbond substituents is 1.